The molecule has 1 heterocycles. The summed E-state index contributed by atoms with van der Waals surface area (Å²) in [4.78, 5) is 10.6. The Bertz CT molecular complexity index is 512. The number of nitrogens with zero attached hydrogens (tertiary/aromatic N) is 2. The minimum atomic E-state index is -3.07. The summed E-state index contributed by atoms with van der Waals surface area (Å²) in [7, 11) is 0. The number of carboxylic acids is 1. The number of aliphatic carboxylic acids is 1. The molecule has 1 fully saturated rings. The molecule has 3 rings (SSSR count). The van der Waals surface area contributed by atoms with E-state index >= 15 is 0 Å². The summed E-state index contributed by atoms with van der Waals surface area (Å²) in [5, 5.41) is 12.3. The van der Waals surface area contributed by atoms with E-state index in [0.29, 0.717) is 6.42 Å². The first kappa shape index (κ1) is 10.6. The molecule has 1 saturated carbocycles. The van der Waals surface area contributed by atoms with Gasteiger partial charge in [0.25, 0.3) is 5.92 Å². The second-order valence-electron chi connectivity index (χ2n) is 4.47. The third-order valence-corrected chi connectivity index (χ3v) is 3.42. The smallest absolute Gasteiger partial charge is 0.325 e. The standard InChI is InChI=1S/C10H9F3N2O2/c11-2-6-8-4-1-5(4)10(12,13)9(8)15(14-6)3-7(16)17/h4-5H,1-3H2,(H,16,17)/t4-,5+/m0/s1. The van der Waals surface area contributed by atoms with Crippen LogP contribution in [0.25, 0.3) is 0 Å². The van der Waals surface area contributed by atoms with Gasteiger partial charge in [-0.1, -0.05) is 0 Å². The number of fused-ring (bicyclic) bond motifs is 3. The SMILES string of the molecule is O=C(O)Cn1nc(CF)c2c1C(F)(F)[C@@H]1C[C@H]21. The Morgan fingerprint density at radius 2 is 2.29 bits per heavy atom. The predicted molar refractivity (Wildman–Crippen MR) is 49.4 cm³/mol. The van der Waals surface area contributed by atoms with Gasteiger partial charge in [0.15, 0.2) is 0 Å². The normalized spacial score (nSPS) is 27.7. The van der Waals surface area contributed by atoms with Gasteiger partial charge in [0.2, 0.25) is 0 Å². The number of carbonyl (C=O) groups is 1. The lowest BCUT2D eigenvalue weighted by molar-refractivity contribution is -0.138. The van der Waals surface area contributed by atoms with E-state index in [1.165, 1.54) is 0 Å². The van der Waals surface area contributed by atoms with Crippen LogP contribution in [-0.4, -0.2) is 20.9 Å². The second kappa shape index (κ2) is 3.02. The monoisotopic (exact) mass is 246 g/mol. The van der Waals surface area contributed by atoms with E-state index in [1.807, 2.05) is 0 Å². The third kappa shape index (κ3) is 1.25. The molecule has 2 aliphatic carbocycles. The molecule has 0 spiro atoms. The van der Waals surface area contributed by atoms with E-state index in [9.17, 15) is 18.0 Å². The Balaban J connectivity index is 2.14. The van der Waals surface area contributed by atoms with Crippen molar-refractivity contribution < 1.29 is 23.1 Å². The van der Waals surface area contributed by atoms with E-state index in [0.717, 1.165) is 4.68 Å². The number of halogens is 3. The van der Waals surface area contributed by atoms with Crippen LogP contribution in [0.15, 0.2) is 0 Å². The van der Waals surface area contributed by atoms with Crippen molar-refractivity contribution in [3.63, 3.8) is 0 Å². The zero-order valence-electron chi connectivity index (χ0n) is 8.66. The molecule has 1 N–H and O–H groups in total. The molecule has 0 bridgehead atoms. The number of rotatable bonds is 3. The Labute approximate surface area is 94.0 Å². The minimum absolute atomic E-state index is 0.0362. The maximum Gasteiger partial charge on any atom is 0.325 e. The molecule has 0 amide bonds. The molecule has 0 unspecified atom stereocenters. The van der Waals surface area contributed by atoms with Crippen molar-refractivity contribution in [2.75, 3.05) is 0 Å². The minimum Gasteiger partial charge on any atom is -0.480 e. The molecule has 7 heteroatoms. The Morgan fingerprint density at radius 1 is 1.59 bits per heavy atom. The second-order valence-corrected chi connectivity index (χ2v) is 4.47. The number of hydrogen-bond acceptors (Lipinski definition) is 2. The highest BCUT2D eigenvalue weighted by Gasteiger charge is 2.66. The van der Waals surface area contributed by atoms with Crippen LogP contribution in [0.1, 0.15) is 29.3 Å². The largest absolute Gasteiger partial charge is 0.480 e. The van der Waals surface area contributed by atoms with Crippen molar-refractivity contribution in [1.29, 1.82) is 0 Å². The average molecular weight is 246 g/mol. The van der Waals surface area contributed by atoms with Crippen molar-refractivity contribution in [2.45, 2.75) is 31.5 Å². The number of hydrogen-bond donors (Lipinski definition) is 1. The first-order valence-electron chi connectivity index (χ1n) is 5.22. The molecule has 0 aliphatic heterocycles. The Kier molecular flexibility index (Phi) is 1.89. The summed E-state index contributed by atoms with van der Waals surface area (Å²) in [5.41, 5.74) is -0.191. The zero-order valence-corrected chi connectivity index (χ0v) is 8.66. The van der Waals surface area contributed by atoms with Crippen molar-refractivity contribution in [3.8, 4) is 0 Å². The van der Waals surface area contributed by atoms with Gasteiger partial charge in [-0.15, -0.1) is 0 Å². The summed E-state index contributed by atoms with van der Waals surface area (Å²) < 4.78 is 41.2. The highest BCUT2D eigenvalue weighted by atomic mass is 19.3. The average Bonchev–Trinajstić information content (AvgIpc) is 2.89. The first-order chi connectivity index (χ1) is 7.96. The van der Waals surface area contributed by atoms with E-state index in [4.69, 9.17) is 5.11 Å². The van der Waals surface area contributed by atoms with E-state index < -0.39 is 36.7 Å². The van der Waals surface area contributed by atoms with Crippen molar-refractivity contribution in [2.24, 2.45) is 5.92 Å². The predicted octanol–water partition coefficient (Wildman–Crippen LogP) is 1.65. The van der Waals surface area contributed by atoms with Crippen molar-refractivity contribution in [3.05, 3.63) is 17.0 Å². The van der Waals surface area contributed by atoms with E-state index in [2.05, 4.69) is 5.10 Å². The summed E-state index contributed by atoms with van der Waals surface area (Å²) in [6, 6.07) is 0. The van der Waals surface area contributed by atoms with Gasteiger partial charge < -0.3 is 5.11 Å². The molecule has 1 aromatic rings. The Morgan fingerprint density at radius 3 is 2.88 bits per heavy atom. The third-order valence-electron chi connectivity index (χ3n) is 3.42. The number of aromatic nitrogens is 2. The van der Waals surface area contributed by atoms with Crippen LogP contribution >= 0.6 is 0 Å². The molecular weight excluding hydrogens is 237 g/mol. The van der Waals surface area contributed by atoms with Crippen LogP contribution in [0.3, 0.4) is 0 Å². The lowest BCUT2D eigenvalue weighted by Gasteiger charge is -2.14. The van der Waals surface area contributed by atoms with Gasteiger partial charge in [0, 0.05) is 11.5 Å². The summed E-state index contributed by atoms with van der Waals surface area (Å²) >= 11 is 0. The highest BCUT2D eigenvalue weighted by Crippen LogP contribution is 2.67. The fourth-order valence-electron chi connectivity index (χ4n) is 2.70. The fraction of sp³-hybridized carbons (Fsp3) is 0.600. The van der Waals surface area contributed by atoms with Gasteiger partial charge in [-0.05, 0) is 12.3 Å². The molecule has 2 aliphatic rings. The van der Waals surface area contributed by atoms with Crippen LogP contribution in [0, 0.1) is 5.92 Å². The topological polar surface area (TPSA) is 55.1 Å². The molecule has 1 aromatic heterocycles. The molecule has 17 heavy (non-hydrogen) atoms. The van der Waals surface area contributed by atoms with Crippen LogP contribution in [-0.2, 0) is 23.9 Å². The van der Waals surface area contributed by atoms with Crippen molar-refractivity contribution in [1.82, 2.24) is 9.78 Å². The highest BCUT2D eigenvalue weighted by molar-refractivity contribution is 5.67. The van der Waals surface area contributed by atoms with Gasteiger partial charge in [-0.3, -0.25) is 9.48 Å². The zero-order chi connectivity index (χ0) is 12.4. The van der Waals surface area contributed by atoms with Gasteiger partial charge >= 0.3 is 5.97 Å². The van der Waals surface area contributed by atoms with E-state index in [1.54, 1.807) is 0 Å². The van der Waals surface area contributed by atoms with Crippen LogP contribution in [0.4, 0.5) is 13.2 Å². The molecular formula is C10H9F3N2O2. The molecule has 2 atom stereocenters. The maximum atomic E-state index is 13.9. The van der Waals surface area contributed by atoms with E-state index in [-0.39, 0.29) is 17.2 Å². The van der Waals surface area contributed by atoms with Gasteiger partial charge in [0.1, 0.15) is 18.9 Å². The van der Waals surface area contributed by atoms with Crippen LogP contribution < -0.4 is 0 Å². The Hall–Kier alpha value is -1.53. The van der Waals surface area contributed by atoms with Crippen LogP contribution in [0.5, 0.6) is 0 Å². The van der Waals surface area contributed by atoms with Gasteiger partial charge in [0.05, 0.1) is 5.69 Å². The van der Waals surface area contributed by atoms with Gasteiger partial charge in [-0.2, -0.15) is 13.9 Å². The summed E-state index contributed by atoms with van der Waals surface area (Å²) in [6.45, 7) is -1.59. The molecule has 92 valence electrons. The van der Waals surface area contributed by atoms with Crippen LogP contribution in [0.2, 0.25) is 0 Å². The van der Waals surface area contributed by atoms with Gasteiger partial charge in [-0.25, -0.2) is 4.39 Å². The lowest BCUT2D eigenvalue weighted by atomic mass is 10.1. The summed E-state index contributed by atoms with van der Waals surface area (Å²) in [6.07, 6.45) is 0.339. The number of carboxylic acid groups (broad SMARTS) is 1. The fourth-order valence-corrected chi connectivity index (χ4v) is 2.70. The molecule has 0 saturated heterocycles. The quantitative estimate of drug-likeness (QED) is 0.882. The summed E-state index contributed by atoms with van der Waals surface area (Å²) in [5.74, 6) is -5.47. The lowest BCUT2D eigenvalue weighted by Crippen LogP contribution is -2.22. The molecule has 0 aromatic carbocycles. The first-order valence-corrected chi connectivity index (χ1v) is 5.22. The molecule has 0 radical (unpaired) electrons. The van der Waals surface area contributed by atoms with Crippen molar-refractivity contribution >= 4 is 5.97 Å². The maximum absolute atomic E-state index is 13.9. The number of alkyl halides is 3. The molecule has 4 nitrogen and oxygen atoms in total.